The molecule has 5 rings (SSSR count). The van der Waals surface area contributed by atoms with Crippen LogP contribution in [-0.4, -0.2) is 41.1 Å². The topological polar surface area (TPSA) is 92.7 Å². The van der Waals surface area contributed by atoms with Gasteiger partial charge in [-0.3, -0.25) is 9.59 Å². The van der Waals surface area contributed by atoms with E-state index >= 15 is 0 Å². The number of rotatable bonds is 5. The Kier molecular flexibility index (Phi) is 6.22. The largest absolute Gasteiger partial charge is 0.484 e. The summed E-state index contributed by atoms with van der Waals surface area (Å²) >= 11 is 0. The van der Waals surface area contributed by atoms with Gasteiger partial charge in [-0.25, -0.2) is 9.18 Å². The molecule has 3 heterocycles. The number of pyridine rings is 1. The molecule has 1 saturated heterocycles. The maximum absolute atomic E-state index is 13.1. The SMILES string of the molecule is O=C(COc1ccccc1)Nc1ccc2n(c1=O)C[C@H]1C[C@@H]2CN(C(=O)Nc2ccc(F)cc2)C1. The van der Waals surface area contributed by atoms with Gasteiger partial charge < -0.3 is 24.8 Å². The highest BCUT2D eigenvalue weighted by Gasteiger charge is 2.36. The number of para-hydroxylation sites is 1. The monoisotopic (exact) mass is 476 g/mol. The van der Waals surface area contributed by atoms with Crippen molar-refractivity contribution in [1.82, 2.24) is 9.47 Å². The molecule has 1 fully saturated rings. The van der Waals surface area contributed by atoms with Crippen molar-refractivity contribution >= 4 is 23.3 Å². The maximum atomic E-state index is 13.1. The number of piperidine rings is 1. The van der Waals surface area contributed by atoms with Gasteiger partial charge in [-0.1, -0.05) is 18.2 Å². The Morgan fingerprint density at radius 1 is 0.943 bits per heavy atom. The molecular weight excluding hydrogens is 451 g/mol. The summed E-state index contributed by atoms with van der Waals surface area (Å²) in [7, 11) is 0. The van der Waals surface area contributed by atoms with Gasteiger partial charge in [0.2, 0.25) is 0 Å². The van der Waals surface area contributed by atoms with E-state index in [-0.39, 0.29) is 41.5 Å². The van der Waals surface area contributed by atoms with Crippen LogP contribution in [0.2, 0.25) is 0 Å². The molecule has 0 aliphatic carbocycles. The number of nitrogens with one attached hydrogen (secondary N) is 2. The molecule has 9 heteroatoms. The van der Waals surface area contributed by atoms with Gasteiger partial charge in [-0.05, 0) is 60.9 Å². The summed E-state index contributed by atoms with van der Waals surface area (Å²) in [5, 5.41) is 5.47. The van der Waals surface area contributed by atoms with Gasteiger partial charge in [0, 0.05) is 36.9 Å². The summed E-state index contributed by atoms with van der Waals surface area (Å²) in [6.45, 7) is 1.25. The van der Waals surface area contributed by atoms with Crippen LogP contribution in [0.25, 0.3) is 0 Å². The molecule has 0 spiro atoms. The molecular formula is C26H25FN4O4. The van der Waals surface area contributed by atoms with E-state index in [9.17, 15) is 18.8 Å². The Morgan fingerprint density at radius 3 is 2.49 bits per heavy atom. The first-order chi connectivity index (χ1) is 17.0. The summed E-state index contributed by atoms with van der Waals surface area (Å²) in [5.74, 6) is -0.0701. The van der Waals surface area contributed by atoms with Crippen molar-refractivity contribution in [1.29, 1.82) is 0 Å². The second-order valence-corrected chi connectivity index (χ2v) is 8.88. The molecule has 2 atom stereocenters. The van der Waals surface area contributed by atoms with Crippen molar-refractivity contribution in [2.45, 2.75) is 18.9 Å². The number of carbonyl (C=O) groups excluding carboxylic acids is 2. The molecule has 35 heavy (non-hydrogen) atoms. The first-order valence-electron chi connectivity index (χ1n) is 11.5. The number of nitrogens with zero attached hydrogens (tertiary/aromatic N) is 2. The number of carbonyl (C=O) groups is 2. The Hall–Kier alpha value is -4.14. The zero-order chi connectivity index (χ0) is 24.4. The highest BCUT2D eigenvalue weighted by atomic mass is 19.1. The Balaban J connectivity index is 1.25. The zero-order valence-corrected chi connectivity index (χ0v) is 18.9. The molecule has 3 amide bonds. The van der Waals surface area contributed by atoms with E-state index in [0.717, 1.165) is 12.1 Å². The molecule has 2 aromatic carbocycles. The minimum atomic E-state index is -0.411. The zero-order valence-electron chi connectivity index (χ0n) is 18.9. The smallest absolute Gasteiger partial charge is 0.321 e. The van der Waals surface area contributed by atoms with Crippen LogP contribution in [0.3, 0.4) is 0 Å². The van der Waals surface area contributed by atoms with Crippen LogP contribution in [0, 0.1) is 11.7 Å². The summed E-state index contributed by atoms with van der Waals surface area (Å²) < 4.78 is 20.3. The fraction of sp³-hybridized carbons (Fsp3) is 0.269. The normalized spacial score (nSPS) is 18.4. The third-order valence-electron chi connectivity index (χ3n) is 6.37. The second-order valence-electron chi connectivity index (χ2n) is 8.88. The van der Waals surface area contributed by atoms with Gasteiger partial charge in [0.05, 0.1) is 0 Å². The average Bonchev–Trinajstić information content (AvgIpc) is 2.86. The van der Waals surface area contributed by atoms with Crippen LogP contribution in [0.1, 0.15) is 18.0 Å². The molecule has 0 unspecified atom stereocenters. The van der Waals surface area contributed by atoms with Crippen molar-refractivity contribution in [2.24, 2.45) is 5.92 Å². The third-order valence-corrected chi connectivity index (χ3v) is 6.37. The number of benzene rings is 2. The molecule has 180 valence electrons. The van der Waals surface area contributed by atoms with E-state index < -0.39 is 5.91 Å². The predicted molar refractivity (Wildman–Crippen MR) is 129 cm³/mol. The number of halogens is 1. The molecule has 8 nitrogen and oxygen atoms in total. The van der Waals surface area contributed by atoms with Crippen molar-refractivity contribution in [3.63, 3.8) is 0 Å². The number of urea groups is 1. The Bertz CT molecular complexity index is 1290. The fourth-order valence-corrected chi connectivity index (χ4v) is 4.79. The number of amides is 3. The highest BCUT2D eigenvalue weighted by Crippen LogP contribution is 2.35. The van der Waals surface area contributed by atoms with E-state index in [1.54, 1.807) is 27.7 Å². The third kappa shape index (κ3) is 5.03. The molecule has 3 aromatic rings. The molecule has 0 saturated carbocycles. The number of likely N-dealkylation sites (tertiary alicyclic amines) is 1. The Labute approximate surface area is 201 Å². The first-order valence-corrected chi connectivity index (χ1v) is 11.5. The van der Waals surface area contributed by atoms with Crippen LogP contribution < -0.4 is 20.9 Å². The van der Waals surface area contributed by atoms with Gasteiger partial charge >= 0.3 is 6.03 Å². The number of ether oxygens (including phenoxy) is 1. The van der Waals surface area contributed by atoms with Gasteiger partial charge in [-0.15, -0.1) is 0 Å². The molecule has 2 aliphatic rings. The maximum Gasteiger partial charge on any atom is 0.321 e. The van der Waals surface area contributed by atoms with Gasteiger partial charge in [0.25, 0.3) is 11.5 Å². The lowest BCUT2D eigenvalue weighted by Gasteiger charge is -2.42. The number of hydrogen-bond acceptors (Lipinski definition) is 4. The molecule has 2 bridgehead atoms. The van der Waals surface area contributed by atoms with E-state index in [0.29, 0.717) is 31.1 Å². The molecule has 0 radical (unpaired) electrons. The van der Waals surface area contributed by atoms with Crippen molar-refractivity contribution < 1.29 is 18.7 Å². The minimum absolute atomic E-state index is 0.0142. The van der Waals surface area contributed by atoms with E-state index in [1.165, 1.54) is 24.3 Å². The number of fused-ring (bicyclic) bond motifs is 4. The summed E-state index contributed by atoms with van der Waals surface area (Å²) in [5.41, 5.74) is 1.33. The van der Waals surface area contributed by atoms with Crippen molar-refractivity contribution in [2.75, 3.05) is 30.3 Å². The molecule has 2 N–H and O–H groups in total. The Morgan fingerprint density at radius 2 is 1.71 bits per heavy atom. The standard InChI is InChI=1S/C26H25FN4O4/c27-19-6-8-20(9-7-19)28-26(34)30-13-17-12-18(15-30)23-11-10-22(25(33)31(23)14-17)29-24(32)16-35-21-4-2-1-3-5-21/h1-11,17-18H,12-16H2,(H,28,34)(H,29,32)/t17-,18+/m0/s1. The van der Waals surface area contributed by atoms with Crippen molar-refractivity contribution in [3.05, 3.63) is 88.6 Å². The lowest BCUT2D eigenvalue weighted by molar-refractivity contribution is -0.118. The highest BCUT2D eigenvalue weighted by molar-refractivity contribution is 5.91. The fourth-order valence-electron chi connectivity index (χ4n) is 4.79. The number of hydrogen-bond donors (Lipinski definition) is 2. The number of aromatic nitrogens is 1. The van der Waals surface area contributed by atoms with E-state index in [2.05, 4.69) is 10.6 Å². The summed E-state index contributed by atoms with van der Waals surface area (Å²) in [4.78, 5) is 40.0. The molecule has 2 aliphatic heterocycles. The first kappa shape index (κ1) is 22.6. The average molecular weight is 477 g/mol. The van der Waals surface area contributed by atoms with Gasteiger partial charge in [0.1, 0.15) is 17.3 Å². The van der Waals surface area contributed by atoms with E-state index in [4.69, 9.17) is 4.74 Å². The lowest BCUT2D eigenvalue weighted by Crippen LogP contribution is -2.50. The van der Waals surface area contributed by atoms with Gasteiger partial charge in [0.15, 0.2) is 6.61 Å². The minimum Gasteiger partial charge on any atom is -0.484 e. The summed E-state index contributed by atoms with van der Waals surface area (Å²) in [6, 6.07) is 17.8. The quantitative estimate of drug-likeness (QED) is 0.588. The van der Waals surface area contributed by atoms with Crippen LogP contribution in [-0.2, 0) is 11.3 Å². The lowest BCUT2D eigenvalue weighted by atomic mass is 9.83. The van der Waals surface area contributed by atoms with E-state index in [1.807, 2.05) is 24.3 Å². The molecule has 1 aromatic heterocycles. The van der Waals surface area contributed by atoms with Crippen LogP contribution in [0.4, 0.5) is 20.6 Å². The summed E-state index contributed by atoms with van der Waals surface area (Å²) in [6.07, 6.45) is 0.885. The van der Waals surface area contributed by atoms with Crippen molar-refractivity contribution in [3.8, 4) is 5.75 Å². The van der Waals surface area contributed by atoms with Gasteiger partial charge in [-0.2, -0.15) is 0 Å². The van der Waals surface area contributed by atoms with Crippen LogP contribution in [0.15, 0.2) is 71.5 Å². The predicted octanol–water partition coefficient (Wildman–Crippen LogP) is 3.66. The van der Waals surface area contributed by atoms with Crippen LogP contribution >= 0.6 is 0 Å². The second kappa shape index (κ2) is 9.61. The number of anilines is 2. The van der Waals surface area contributed by atoms with Crippen LogP contribution in [0.5, 0.6) is 5.75 Å².